The van der Waals surface area contributed by atoms with E-state index in [4.69, 9.17) is 10.5 Å². The molecule has 0 atom stereocenters. The molecule has 2 aromatic rings. The van der Waals surface area contributed by atoms with Gasteiger partial charge in [-0.3, -0.25) is 0 Å². The molecule has 116 valence electrons. The van der Waals surface area contributed by atoms with Crippen LogP contribution in [-0.2, 0) is 4.74 Å². The van der Waals surface area contributed by atoms with Crippen molar-refractivity contribution in [1.82, 2.24) is 5.32 Å². The number of urea groups is 1. The maximum atomic E-state index is 11.7. The van der Waals surface area contributed by atoms with Gasteiger partial charge in [0, 0.05) is 23.4 Å². The van der Waals surface area contributed by atoms with E-state index in [1.54, 1.807) is 24.9 Å². The van der Waals surface area contributed by atoms with Crippen LogP contribution in [0, 0.1) is 0 Å². The van der Waals surface area contributed by atoms with Gasteiger partial charge >= 0.3 is 6.03 Å². The van der Waals surface area contributed by atoms with Crippen molar-refractivity contribution in [3.63, 3.8) is 0 Å². The predicted octanol–water partition coefficient (Wildman–Crippen LogP) is 3.19. The molecule has 22 heavy (non-hydrogen) atoms. The number of amides is 2. The Labute approximate surface area is 134 Å². The van der Waals surface area contributed by atoms with E-state index in [1.165, 1.54) is 0 Å². The highest BCUT2D eigenvalue weighted by atomic mass is 32.2. The summed E-state index contributed by atoms with van der Waals surface area (Å²) in [6, 6.07) is 15.3. The first-order chi connectivity index (χ1) is 10.7. The highest BCUT2D eigenvalue weighted by Gasteiger charge is 2.06. The van der Waals surface area contributed by atoms with Crippen LogP contribution in [0.4, 0.5) is 16.2 Å². The second-order valence-electron chi connectivity index (χ2n) is 4.54. The van der Waals surface area contributed by atoms with Gasteiger partial charge in [-0.25, -0.2) is 4.79 Å². The number of benzene rings is 2. The van der Waals surface area contributed by atoms with Crippen LogP contribution >= 0.6 is 11.8 Å². The Balaban J connectivity index is 1.96. The summed E-state index contributed by atoms with van der Waals surface area (Å²) in [4.78, 5) is 13.8. The summed E-state index contributed by atoms with van der Waals surface area (Å²) in [7, 11) is 1.58. The molecule has 6 heteroatoms. The lowest BCUT2D eigenvalue weighted by atomic mass is 10.3. The number of rotatable bonds is 6. The van der Waals surface area contributed by atoms with Crippen molar-refractivity contribution in [2.24, 2.45) is 0 Å². The number of hydrogen-bond acceptors (Lipinski definition) is 4. The maximum Gasteiger partial charge on any atom is 0.319 e. The van der Waals surface area contributed by atoms with Crippen LogP contribution < -0.4 is 16.4 Å². The average Bonchev–Trinajstić information content (AvgIpc) is 2.51. The van der Waals surface area contributed by atoms with E-state index in [2.05, 4.69) is 10.6 Å². The molecular weight excluding hydrogens is 298 g/mol. The standard InChI is InChI=1S/C16H19N3O2S/c1-21-10-9-18-16(20)19-15-8-7-13(11-14(15)17)22-12-5-3-2-4-6-12/h2-8,11H,9-10,17H2,1H3,(H2,18,19,20). The number of anilines is 2. The summed E-state index contributed by atoms with van der Waals surface area (Å²) in [5, 5.41) is 5.40. The zero-order valence-corrected chi connectivity index (χ0v) is 13.2. The normalized spacial score (nSPS) is 10.2. The van der Waals surface area contributed by atoms with E-state index < -0.39 is 0 Å². The lowest BCUT2D eigenvalue weighted by Crippen LogP contribution is -2.31. The Morgan fingerprint density at radius 3 is 2.64 bits per heavy atom. The maximum absolute atomic E-state index is 11.7. The lowest BCUT2D eigenvalue weighted by Gasteiger charge is -2.11. The number of hydrogen-bond donors (Lipinski definition) is 3. The molecule has 0 fully saturated rings. The summed E-state index contributed by atoms with van der Waals surface area (Å²) < 4.78 is 4.87. The SMILES string of the molecule is COCCNC(=O)Nc1ccc(Sc2ccccc2)cc1N. The van der Waals surface area contributed by atoms with E-state index >= 15 is 0 Å². The Kier molecular flexibility index (Phi) is 6.12. The van der Waals surface area contributed by atoms with E-state index in [1.807, 2.05) is 42.5 Å². The smallest absolute Gasteiger partial charge is 0.319 e. The first kappa shape index (κ1) is 16.2. The van der Waals surface area contributed by atoms with Crippen molar-refractivity contribution in [2.45, 2.75) is 9.79 Å². The zero-order valence-electron chi connectivity index (χ0n) is 12.3. The van der Waals surface area contributed by atoms with Crippen LogP contribution in [0.2, 0.25) is 0 Å². The fourth-order valence-electron chi connectivity index (χ4n) is 1.78. The van der Waals surface area contributed by atoms with E-state index in [9.17, 15) is 4.79 Å². The molecular formula is C16H19N3O2S. The van der Waals surface area contributed by atoms with Crippen LogP contribution in [0.3, 0.4) is 0 Å². The predicted molar refractivity (Wildman–Crippen MR) is 90.3 cm³/mol. The number of methoxy groups -OCH3 is 1. The number of nitrogen functional groups attached to an aromatic ring is 1. The average molecular weight is 317 g/mol. The molecule has 0 aliphatic heterocycles. The summed E-state index contributed by atoms with van der Waals surface area (Å²) in [6.45, 7) is 0.916. The van der Waals surface area contributed by atoms with Crippen LogP contribution in [0.1, 0.15) is 0 Å². The van der Waals surface area contributed by atoms with Gasteiger partial charge in [-0.2, -0.15) is 0 Å². The van der Waals surface area contributed by atoms with Crippen molar-refractivity contribution in [3.05, 3.63) is 48.5 Å². The van der Waals surface area contributed by atoms with Crippen LogP contribution in [-0.4, -0.2) is 26.3 Å². The van der Waals surface area contributed by atoms with Gasteiger partial charge in [-0.15, -0.1) is 0 Å². The Morgan fingerprint density at radius 2 is 1.95 bits per heavy atom. The third-order valence-electron chi connectivity index (χ3n) is 2.84. The second kappa shape index (κ2) is 8.31. The molecule has 0 aromatic heterocycles. The molecule has 0 aliphatic rings. The summed E-state index contributed by atoms with van der Waals surface area (Å²) in [5.41, 5.74) is 7.12. The van der Waals surface area contributed by atoms with Crippen LogP contribution in [0.5, 0.6) is 0 Å². The molecule has 0 unspecified atom stereocenters. The van der Waals surface area contributed by atoms with Crippen molar-refractivity contribution in [1.29, 1.82) is 0 Å². The molecule has 5 nitrogen and oxygen atoms in total. The first-order valence-corrected chi connectivity index (χ1v) is 7.67. The van der Waals surface area contributed by atoms with Gasteiger partial charge in [0.2, 0.25) is 0 Å². The summed E-state index contributed by atoms with van der Waals surface area (Å²) >= 11 is 1.62. The number of carbonyl (C=O) groups excluding carboxylic acids is 1. The minimum Gasteiger partial charge on any atom is -0.397 e. The lowest BCUT2D eigenvalue weighted by molar-refractivity contribution is 0.198. The third kappa shape index (κ3) is 4.98. The van der Waals surface area contributed by atoms with Crippen molar-refractivity contribution >= 4 is 29.2 Å². The fraction of sp³-hybridized carbons (Fsp3) is 0.188. The second-order valence-corrected chi connectivity index (χ2v) is 5.68. The Hall–Kier alpha value is -2.18. The highest BCUT2D eigenvalue weighted by molar-refractivity contribution is 7.99. The molecule has 0 heterocycles. The van der Waals surface area contributed by atoms with Crippen molar-refractivity contribution < 1.29 is 9.53 Å². The molecule has 0 radical (unpaired) electrons. The van der Waals surface area contributed by atoms with E-state index in [0.29, 0.717) is 24.5 Å². The molecule has 2 aromatic carbocycles. The molecule has 2 amide bonds. The van der Waals surface area contributed by atoms with Gasteiger partial charge in [0.15, 0.2) is 0 Å². The third-order valence-corrected chi connectivity index (χ3v) is 3.84. The van der Waals surface area contributed by atoms with E-state index in [-0.39, 0.29) is 6.03 Å². The molecule has 0 aliphatic carbocycles. The van der Waals surface area contributed by atoms with Gasteiger partial charge in [-0.1, -0.05) is 30.0 Å². The van der Waals surface area contributed by atoms with Crippen LogP contribution in [0.25, 0.3) is 0 Å². The molecule has 2 rings (SSSR count). The number of nitrogens with one attached hydrogen (secondary N) is 2. The molecule has 0 saturated carbocycles. The Bertz CT molecular complexity index is 620. The monoisotopic (exact) mass is 317 g/mol. The topological polar surface area (TPSA) is 76.4 Å². The zero-order chi connectivity index (χ0) is 15.8. The number of ether oxygens (including phenoxy) is 1. The largest absolute Gasteiger partial charge is 0.397 e. The van der Waals surface area contributed by atoms with Gasteiger partial charge < -0.3 is 21.1 Å². The van der Waals surface area contributed by atoms with Gasteiger partial charge in [0.05, 0.1) is 18.0 Å². The van der Waals surface area contributed by atoms with Gasteiger partial charge in [0.1, 0.15) is 0 Å². The summed E-state index contributed by atoms with van der Waals surface area (Å²) in [5.74, 6) is 0. The number of nitrogens with two attached hydrogens (primary N) is 1. The minimum atomic E-state index is -0.299. The van der Waals surface area contributed by atoms with Crippen molar-refractivity contribution in [3.8, 4) is 0 Å². The highest BCUT2D eigenvalue weighted by Crippen LogP contribution is 2.31. The molecule has 0 bridgehead atoms. The van der Waals surface area contributed by atoms with E-state index in [0.717, 1.165) is 9.79 Å². The Morgan fingerprint density at radius 1 is 1.18 bits per heavy atom. The quantitative estimate of drug-likeness (QED) is 0.565. The van der Waals surface area contributed by atoms with Gasteiger partial charge in [0.25, 0.3) is 0 Å². The van der Waals surface area contributed by atoms with Crippen molar-refractivity contribution in [2.75, 3.05) is 31.3 Å². The molecule has 0 saturated heterocycles. The number of carbonyl (C=O) groups is 1. The van der Waals surface area contributed by atoms with Crippen LogP contribution in [0.15, 0.2) is 58.3 Å². The fourth-order valence-corrected chi connectivity index (χ4v) is 2.66. The summed E-state index contributed by atoms with van der Waals surface area (Å²) in [6.07, 6.45) is 0. The first-order valence-electron chi connectivity index (χ1n) is 6.85. The molecule has 0 spiro atoms. The van der Waals surface area contributed by atoms with Gasteiger partial charge in [-0.05, 0) is 30.3 Å². The minimum absolute atomic E-state index is 0.299. The molecule has 4 N–H and O–H groups in total.